The van der Waals surface area contributed by atoms with Gasteiger partial charge >= 0.3 is 5.97 Å². The third-order valence-electron chi connectivity index (χ3n) is 3.21. The van der Waals surface area contributed by atoms with Crippen LogP contribution in [0.25, 0.3) is 0 Å². The van der Waals surface area contributed by atoms with Gasteiger partial charge in [0.05, 0.1) is 26.0 Å². The molecule has 0 radical (unpaired) electrons. The number of carbonyl (C=O) groups is 2. The molecule has 2 rings (SSSR count). The van der Waals surface area contributed by atoms with Crippen LogP contribution in [0.5, 0.6) is 0 Å². The van der Waals surface area contributed by atoms with Gasteiger partial charge in [-0.05, 0) is 19.1 Å². The normalized spacial score (nSPS) is 22.9. The molecule has 0 saturated carbocycles. The van der Waals surface area contributed by atoms with E-state index in [1.54, 1.807) is 13.2 Å². The molecule has 6 nitrogen and oxygen atoms in total. The number of hydrogen-bond acceptors (Lipinski definition) is 4. The summed E-state index contributed by atoms with van der Waals surface area (Å²) in [4.78, 5) is 24.5. The first-order valence-electron chi connectivity index (χ1n) is 6.51. The van der Waals surface area contributed by atoms with Crippen LogP contribution in [0.2, 0.25) is 0 Å². The summed E-state index contributed by atoms with van der Waals surface area (Å²) in [7, 11) is 0. The van der Waals surface area contributed by atoms with E-state index in [2.05, 4.69) is 5.32 Å². The van der Waals surface area contributed by atoms with Crippen molar-refractivity contribution >= 4 is 11.9 Å². The second-order valence-corrected chi connectivity index (χ2v) is 4.52. The van der Waals surface area contributed by atoms with Crippen LogP contribution in [0.3, 0.4) is 0 Å². The quantitative estimate of drug-likeness (QED) is 0.679. The van der Waals surface area contributed by atoms with E-state index in [1.165, 1.54) is 0 Å². The maximum Gasteiger partial charge on any atom is 0.312 e. The van der Waals surface area contributed by atoms with E-state index in [4.69, 9.17) is 9.15 Å². The topological polar surface area (TPSA) is 73.0 Å². The molecular formula is C13H19N2O4+. The fraction of sp³-hybridized carbons (Fsp3) is 0.538. The van der Waals surface area contributed by atoms with Gasteiger partial charge in [0.2, 0.25) is 0 Å². The molecule has 0 spiro atoms. The fourth-order valence-corrected chi connectivity index (χ4v) is 2.30. The molecule has 104 valence electrons. The zero-order valence-corrected chi connectivity index (χ0v) is 11.0. The summed E-state index contributed by atoms with van der Waals surface area (Å²) in [6.07, 6.45) is 1.72. The summed E-state index contributed by atoms with van der Waals surface area (Å²) in [5.41, 5.74) is 0. The van der Waals surface area contributed by atoms with Gasteiger partial charge in [0.15, 0.2) is 11.8 Å². The number of rotatable bonds is 5. The van der Waals surface area contributed by atoms with Gasteiger partial charge in [-0.3, -0.25) is 9.59 Å². The predicted octanol–water partition coefficient (Wildman–Crippen LogP) is -0.884. The molecule has 2 heterocycles. The van der Waals surface area contributed by atoms with Crippen molar-refractivity contribution in [2.24, 2.45) is 0 Å². The molecule has 0 bridgehead atoms. The van der Waals surface area contributed by atoms with Crippen LogP contribution in [0, 0.1) is 0 Å². The van der Waals surface area contributed by atoms with Gasteiger partial charge in [-0.2, -0.15) is 0 Å². The summed E-state index contributed by atoms with van der Waals surface area (Å²) < 4.78 is 10.2. The third-order valence-corrected chi connectivity index (χ3v) is 3.21. The average Bonchev–Trinajstić information content (AvgIpc) is 2.87. The Balaban J connectivity index is 2.01. The van der Waals surface area contributed by atoms with Crippen molar-refractivity contribution in [2.75, 3.05) is 19.7 Å². The SMILES string of the molecule is CCOC(=O)C[C@H]1C(=O)NCC[NH+]1Cc1ccco1. The first kappa shape index (κ1) is 13.6. The minimum atomic E-state index is -0.405. The number of quaternary nitrogens is 1. The smallest absolute Gasteiger partial charge is 0.312 e. The lowest BCUT2D eigenvalue weighted by atomic mass is 10.1. The summed E-state index contributed by atoms with van der Waals surface area (Å²) in [5.74, 6) is 0.390. The Morgan fingerprint density at radius 3 is 3.16 bits per heavy atom. The van der Waals surface area contributed by atoms with Crippen molar-refractivity contribution in [3.05, 3.63) is 24.2 Å². The van der Waals surface area contributed by atoms with Crippen molar-refractivity contribution in [2.45, 2.75) is 25.9 Å². The highest BCUT2D eigenvalue weighted by Crippen LogP contribution is 2.00. The lowest BCUT2D eigenvalue weighted by molar-refractivity contribution is -0.931. The molecule has 1 fully saturated rings. The summed E-state index contributed by atoms with van der Waals surface area (Å²) in [6.45, 7) is 4.09. The van der Waals surface area contributed by atoms with Gasteiger partial charge in [-0.25, -0.2) is 0 Å². The van der Waals surface area contributed by atoms with Crippen LogP contribution < -0.4 is 10.2 Å². The minimum absolute atomic E-state index is 0.0964. The van der Waals surface area contributed by atoms with Gasteiger partial charge in [0.1, 0.15) is 13.0 Å². The standard InChI is InChI=1S/C13H18N2O4/c1-2-18-12(16)8-11-13(17)14-5-6-15(11)9-10-4-3-7-19-10/h3-4,7,11H,2,5-6,8-9H2,1H3,(H,14,17)/p+1/t11-/m0/s1. The number of esters is 1. The highest BCUT2D eigenvalue weighted by atomic mass is 16.5. The van der Waals surface area contributed by atoms with Gasteiger partial charge < -0.3 is 19.4 Å². The van der Waals surface area contributed by atoms with Gasteiger partial charge in [0, 0.05) is 0 Å². The van der Waals surface area contributed by atoms with Crippen molar-refractivity contribution in [3.8, 4) is 0 Å². The zero-order valence-electron chi connectivity index (χ0n) is 11.0. The van der Waals surface area contributed by atoms with E-state index < -0.39 is 6.04 Å². The van der Waals surface area contributed by atoms with Crippen LogP contribution in [0.1, 0.15) is 19.1 Å². The summed E-state index contributed by atoms with van der Waals surface area (Å²) in [5, 5.41) is 2.79. The molecule has 2 atom stereocenters. The molecule has 1 aliphatic rings. The molecule has 1 aromatic rings. The largest absolute Gasteiger partial charge is 0.466 e. The van der Waals surface area contributed by atoms with Crippen LogP contribution in [0.4, 0.5) is 0 Å². The van der Waals surface area contributed by atoms with Crippen molar-refractivity contribution in [1.82, 2.24) is 5.32 Å². The summed E-state index contributed by atoms with van der Waals surface area (Å²) >= 11 is 0. The highest BCUT2D eigenvalue weighted by molar-refractivity contribution is 5.85. The molecule has 0 aromatic carbocycles. The van der Waals surface area contributed by atoms with E-state index in [0.717, 1.165) is 17.2 Å². The number of furan rings is 1. The second-order valence-electron chi connectivity index (χ2n) is 4.52. The molecular weight excluding hydrogens is 248 g/mol. The monoisotopic (exact) mass is 267 g/mol. The Kier molecular flexibility index (Phi) is 4.57. The fourth-order valence-electron chi connectivity index (χ4n) is 2.30. The van der Waals surface area contributed by atoms with Crippen molar-refractivity contribution < 1.29 is 23.6 Å². The van der Waals surface area contributed by atoms with E-state index in [0.29, 0.717) is 19.7 Å². The van der Waals surface area contributed by atoms with Crippen LogP contribution >= 0.6 is 0 Å². The third kappa shape index (κ3) is 3.57. The Bertz CT molecular complexity index is 430. The lowest BCUT2D eigenvalue weighted by Gasteiger charge is -2.30. The van der Waals surface area contributed by atoms with E-state index in [9.17, 15) is 9.59 Å². The maximum atomic E-state index is 11.9. The van der Waals surface area contributed by atoms with Crippen LogP contribution in [-0.4, -0.2) is 37.6 Å². The Hall–Kier alpha value is -1.82. The van der Waals surface area contributed by atoms with Gasteiger partial charge in [-0.15, -0.1) is 0 Å². The van der Waals surface area contributed by atoms with Crippen molar-refractivity contribution in [1.29, 1.82) is 0 Å². The molecule has 1 unspecified atom stereocenters. The van der Waals surface area contributed by atoms with Gasteiger partial charge in [0.25, 0.3) is 5.91 Å². The number of carbonyl (C=O) groups excluding carboxylic acids is 2. The molecule has 0 aliphatic carbocycles. The van der Waals surface area contributed by atoms with E-state index in [-0.39, 0.29) is 18.3 Å². The van der Waals surface area contributed by atoms with E-state index in [1.807, 2.05) is 12.1 Å². The Morgan fingerprint density at radius 2 is 2.47 bits per heavy atom. The van der Waals surface area contributed by atoms with Crippen LogP contribution in [-0.2, 0) is 20.9 Å². The van der Waals surface area contributed by atoms with Crippen LogP contribution in [0.15, 0.2) is 22.8 Å². The number of ether oxygens (including phenoxy) is 1. The lowest BCUT2D eigenvalue weighted by Crippen LogP contribution is -3.18. The number of amides is 1. The number of nitrogens with one attached hydrogen (secondary N) is 2. The minimum Gasteiger partial charge on any atom is -0.466 e. The highest BCUT2D eigenvalue weighted by Gasteiger charge is 2.36. The van der Waals surface area contributed by atoms with Crippen molar-refractivity contribution in [3.63, 3.8) is 0 Å². The Morgan fingerprint density at radius 1 is 1.63 bits per heavy atom. The number of piperazine rings is 1. The maximum absolute atomic E-state index is 11.9. The first-order chi connectivity index (χ1) is 9.20. The average molecular weight is 267 g/mol. The predicted molar refractivity (Wildman–Crippen MR) is 66.3 cm³/mol. The molecule has 1 aromatic heterocycles. The Labute approximate surface area is 111 Å². The molecule has 1 amide bonds. The zero-order chi connectivity index (χ0) is 13.7. The second kappa shape index (κ2) is 6.38. The first-order valence-corrected chi connectivity index (χ1v) is 6.51. The molecule has 1 aliphatic heterocycles. The molecule has 6 heteroatoms. The van der Waals surface area contributed by atoms with Gasteiger partial charge in [-0.1, -0.05) is 0 Å². The van der Waals surface area contributed by atoms with E-state index >= 15 is 0 Å². The molecule has 19 heavy (non-hydrogen) atoms. The number of hydrogen-bond donors (Lipinski definition) is 2. The molecule has 1 saturated heterocycles. The summed E-state index contributed by atoms with van der Waals surface area (Å²) in [6, 6.07) is 3.29. The molecule has 2 N–H and O–H groups in total.